The fourth-order valence-electron chi connectivity index (χ4n) is 5.40. The van der Waals surface area contributed by atoms with Crippen molar-refractivity contribution in [2.24, 2.45) is 5.41 Å². The molecule has 3 aromatic carbocycles. The third-order valence-corrected chi connectivity index (χ3v) is 7.62. The average Bonchev–Trinajstić information content (AvgIpc) is 3.40. The predicted octanol–water partition coefficient (Wildman–Crippen LogP) is 6.59. The second-order valence-corrected chi connectivity index (χ2v) is 10.5. The summed E-state index contributed by atoms with van der Waals surface area (Å²) in [6.45, 7) is 1.51. The maximum Gasteiger partial charge on any atom is 0.416 e. The molecule has 0 spiro atoms. The number of halogens is 6. The number of carbonyl (C=O) groups is 1. The minimum atomic E-state index is -4.96. The fourth-order valence-corrected chi connectivity index (χ4v) is 5.40. The SMILES string of the molecule is O=C(NCc1cc(C(F)(F)F)cc(C(F)(F)F)c1)C1(Cc2ccccc2)CCN(Cc2ccc3c(c2)OCO3)CC1. The molecular weight excluding hydrogens is 550 g/mol. The third kappa shape index (κ3) is 6.78. The summed E-state index contributed by atoms with van der Waals surface area (Å²) in [4.78, 5) is 15.9. The van der Waals surface area contributed by atoms with Gasteiger partial charge in [0.15, 0.2) is 11.5 Å². The molecule has 0 aliphatic carbocycles. The van der Waals surface area contributed by atoms with E-state index in [4.69, 9.17) is 9.47 Å². The first-order chi connectivity index (χ1) is 19.4. The number of rotatable bonds is 7. The summed E-state index contributed by atoms with van der Waals surface area (Å²) in [6.07, 6.45) is -8.59. The zero-order chi connectivity index (χ0) is 29.3. The van der Waals surface area contributed by atoms with Gasteiger partial charge in [-0.3, -0.25) is 9.69 Å². The highest BCUT2D eigenvalue weighted by molar-refractivity contribution is 5.83. The van der Waals surface area contributed by atoms with Crippen LogP contribution in [-0.4, -0.2) is 30.7 Å². The summed E-state index contributed by atoms with van der Waals surface area (Å²) in [6, 6.07) is 16.5. The Bertz CT molecular complexity index is 1350. The van der Waals surface area contributed by atoms with Crippen LogP contribution >= 0.6 is 0 Å². The quantitative estimate of drug-likeness (QED) is 0.322. The van der Waals surface area contributed by atoms with Crippen molar-refractivity contribution in [1.82, 2.24) is 10.2 Å². The van der Waals surface area contributed by atoms with Gasteiger partial charge >= 0.3 is 12.4 Å². The number of piperidine rings is 1. The van der Waals surface area contributed by atoms with Crippen LogP contribution in [0.15, 0.2) is 66.7 Å². The molecule has 11 heteroatoms. The first-order valence-corrected chi connectivity index (χ1v) is 13.1. The molecule has 1 fully saturated rings. The zero-order valence-electron chi connectivity index (χ0n) is 21.9. The van der Waals surface area contributed by atoms with Crippen LogP contribution in [-0.2, 0) is 36.7 Å². The van der Waals surface area contributed by atoms with E-state index in [-0.39, 0.29) is 18.4 Å². The van der Waals surface area contributed by atoms with E-state index in [0.717, 1.165) is 11.1 Å². The number of nitrogens with one attached hydrogen (secondary N) is 1. The Morgan fingerprint density at radius 2 is 1.41 bits per heavy atom. The molecule has 0 saturated carbocycles. The molecule has 2 aliphatic heterocycles. The topological polar surface area (TPSA) is 50.8 Å². The predicted molar refractivity (Wildman–Crippen MR) is 138 cm³/mol. The first-order valence-electron chi connectivity index (χ1n) is 13.1. The van der Waals surface area contributed by atoms with Gasteiger partial charge in [-0.1, -0.05) is 36.4 Å². The molecule has 1 N–H and O–H groups in total. The Morgan fingerprint density at radius 3 is 2.05 bits per heavy atom. The smallest absolute Gasteiger partial charge is 0.416 e. The van der Waals surface area contributed by atoms with Crippen molar-refractivity contribution in [2.45, 2.75) is 44.7 Å². The molecule has 218 valence electrons. The van der Waals surface area contributed by atoms with Crippen LogP contribution in [0, 0.1) is 5.41 Å². The van der Waals surface area contributed by atoms with Gasteiger partial charge in [-0.25, -0.2) is 0 Å². The van der Waals surface area contributed by atoms with Gasteiger partial charge in [0.05, 0.1) is 16.5 Å². The van der Waals surface area contributed by atoms with Crippen LogP contribution in [0.5, 0.6) is 11.5 Å². The lowest BCUT2D eigenvalue weighted by molar-refractivity contribution is -0.143. The van der Waals surface area contributed by atoms with Crippen molar-refractivity contribution in [3.8, 4) is 11.5 Å². The van der Waals surface area contributed by atoms with E-state index < -0.39 is 41.3 Å². The van der Waals surface area contributed by atoms with Gasteiger partial charge in [0, 0.05) is 13.1 Å². The summed E-state index contributed by atoms with van der Waals surface area (Å²) in [5.74, 6) is 0.977. The number of hydrogen-bond acceptors (Lipinski definition) is 4. The number of alkyl halides is 6. The van der Waals surface area contributed by atoms with Gasteiger partial charge in [0.25, 0.3) is 0 Å². The molecule has 0 bridgehead atoms. The third-order valence-electron chi connectivity index (χ3n) is 7.62. The first kappa shape index (κ1) is 28.8. The fraction of sp³-hybridized carbons (Fsp3) is 0.367. The molecule has 1 saturated heterocycles. The van der Waals surface area contributed by atoms with Crippen molar-refractivity contribution in [3.63, 3.8) is 0 Å². The average molecular weight is 579 g/mol. The standard InChI is InChI=1S/C30H28F6N2O3/c31-29(32,33)23-12-22(13-24(15-23)30(34,35)36)17-37-27(39)28(16-20-4-2-1-3-5-20)8-10-38(11-9-28)18-21-6-7-25-26(14-21)41-19-40-25/h1-7,12-15H,8-11,16-19H2,(H,37,39). The molecule has 5 nitrogen and oxygen atoms in total. The molecular formula is C30H28F6N2O3. The minimum absolute atomic E-state index is 0.0814. The van der Waals surface area contributed by atoms with Gasteiger partial charge in [-0.2, -0.15) is 26.3 Å². The highest BCUT2D eigenvalue weighted by atomic mass is 19.4. The van der Waals surface area contributed by atoms with Gasteiger partial charge in [-0.15, -0.1) is 0 Å². The van der Waals surface area contributed by atoms with E-state index in [1.54, 1.807) is 0 Å². The molecule has 2 aliphatic rings. The summed E-state index contributed by atoms with van der Waals surface area (Å²) in [5, 5.41) is 2.66. The molecule has 3 aromatic rings. The molecule has 41 heavy (non-hydrogen) atoms. The zero-order valence-corrected chi connectivity index (χ0v) is 21.9. The van der Waals surface area contributed by atoms with E-state index in [2.05, 4.69) is 10.2 Å². The van der Waals surface area contributed by atoms with Gasteiger partial charge in [0.2, 0.25) is 12.7 Å². The number of ether oxygens (including phenoxy) is 2. The lowest BCUT2D eigenvalue weighted by Gasteiger charge is -2.41. The Hall–Kier alpha value is -3.73. The summed E-state index contributed by atoms with van der Waals surface area (Å²) in [5.41, 5.74) is -2.01. The number of likely N-dealkylation sites (tertiary alicyclic amines) is 1. The van der Waals surface area contributed by atoms with E-state index >= 15 is 0 Å². The van der Waals surface area contributed by atoms with Crippen molar-refractivity contribution in [1.29, 1.82) is 0 Å². The second kappa shape index (κ2) is 11.3. The van der Waals surface area contributed by atoms with E-state index in [1.165, 1.54) is 0 Å². The normalized spacial score (nSPS) is 16.9. The van der Waals surface area contributed by atoms with Crippen LogP contribution in [0.4, 0.5) is 26.3 Å². The van der Waals surface area contributed by atoms with Crippen LogP contribution < -0.4 is 14.8 Å². The number of nitrogens with zero attached hydrogens (tertiary/aromatic N) is 1. The van der Waals surface area contributed by atoms with E-state index in [9.17, 15) is 31.1 Å². The summed E-state index contributed by atoms with van der Waals surface area (Å²) < 4.78 is 90.7. The minimum Gasteiger partial charge on any atom is -0.454 e. The van der Waals surface area contributed by atoms with Crippen molar-refractivity contribution >= 4 is 5.91 Å². The highest BCUT2D eigenvalue weighted by Crippen LogP contribution is 2.39. The van der Waals surface area contributed by atoms with Crippen molar-refractivity contribution in [3.05, 3.63) is 94.5 Å². The molecule has 0 unspecified atom stereocenters. The molecule has 0 atom stereocenters. The molecule has 0 aromatic heterocycles. The van der Waals surface area contributed by atoms with Crippen LogP contribution in [0.25, 0.3) is 0 Å². The van der Waals surface area contributed by atoms with Gasteiger partial charge in [0.1, 0.15) is 0 Å². The van der Waals surface area contributed by atoms with Crippen molar-refractivity contribution in [2.75, 3.05) is 19.9 Å². The second-order valence-electron chi connectivity index (χ2n) is 10.5. The number of benzene rings is 3. The summed E-state index contributed by atoms with van der Waals surface area (Å²) >= 11 is 0. The monoisotopic (exact) mass is 578 g/mol. The lowest BCUT2D eigenvalue weighted by Crippen LogP contribution is -2.49. The maximum atomic E-state index is 13.6. The molecule has 5 rings (SSSR count). The lowest BCUT2D eigenvalue weighted by atomic mass is 9.72. The number of fused-ring (bicyclic) bond motifs is 1. The Kier molecular flexibility index (Phi) is 7.91. The summed E-state index contributed by atoms with van der Waals surface area (Å²) in [7, 11) is 0. The van der Waals surface area contributed by atoms with Crippen LogP contribution in [0.3, 0.4) is 0 Å². The Labute approximate surface area is 233 Å². The Morgan fingerprint density at radius 1 is 0.780 bits per heavy atom. The van der Waals surface area contributed by atoms with E-state index in [1.807, 2.05) is 48.5 Å². The highest BCUT2D eigenvalue weighted by Gasteiger charge is 2.42. The van der Waals surface area contributed by atoms with Gasteiger partial charge < -0.3 is 14.8 Å². The molecule has 0 radical (unpaired) electrons. The van der Waals surface area contributed by atoms with Crippen molar-refractivity contribution < 1.29 is 40.6 Å². The Balaban J connectivity index is 1.31. The van der Waals surface area contributed by atoms with Crippen LogP contribution in [0.2, 0.25) is 0 Å². The van der Waals surface area contributed by atoms with Crippen LogP contribution in [0.1, 0.15) is 40.7 Å². The van der Waals surface area contributed by atoms with Gasteiger partial charge in [-0.05, 0) is 79.4 Å². The number of amides is 1. The number of carbonyl (C=O) groups excluding carboxylic acids is 1. The molecule has 1 amide bonds. The number of hydrogen-bond donors (Lipinski definition) is 1. The molecule has 2 heterocycles. The maximum absolute atomic E-state index is 13.6. The van der Waals surface area contributed by atoms with E-state index in [0.29, 0.717) is 62.5 Å². The largest absolute Gasteiger partial charge is 0.454 e.